The molecule has 18 heavy (non-hydrogen) atoms. The van der Waals surface area contributed by atoms with Gasteiger partial charge >= 0.3 is 0 Å². The van der Waals surface area contributed by atoms with Crippen molar-refractivity contribution in [3.05, 3.63) is 0 Å². The Morgan fingerprint density at radius 3 is 2.33 bits per heavy atom. The van der Waals surface area contributed by atoms with Crippen molar-refractivity contribution in [1.29, 1.82) is 0 Å². The molecule has 0 aliphatic heterocycles. The van der Waals surface area contributed by atoms with Gasteiger partial charge in [-0.3, -0.25) is 4.79 Å². The Labute approximate surface area is 117 Å². The highest BCUT2D eigenvalue weighted by Gasteiger charge is 2.40. The summed E-state index contributed by atoms with van der Waals surface area (Å²) in [5.41, 5.74) is 5.74. The maximum absolute atomic E-state index is 12.2. The SMILES string of the molecule is CC1(C(=O)NC(CN)C2CCCCC2)CCC1.Cl. The number of nitrogens with two attached hydrogens (primary N) is 1. The molecule has 2 rings (SSSR count). The van der Waals surface area contributed by atoms with E-state index in [4.69, 9.17) is 5.73 Å². The van der Waals surface area contributed by atoms with Crippen LogP contribution in [-0.4, -0.2) is 18.5 Å². The van der Waals surface area contributed by atoms with Gasteiger partial charge in [-0.2, -0.15) is 0 Å². The van der Waals surface area contributed by atoms with Crippen LogP contribution < -0.4 is 11.1 Å². The fraction of sp³-hybridized carbons (Fsp3) is 0.929. The zero-order valence-corrected chi connectivity index (χ0v) is 12.2. The summed E-state index contributed by atoms with van der Waals surface area (Å²) in [5.74, 6) is 0.853. The number of hydrogen-bond acceptors (Lipinski definition) is 2. The van der Waals surface area contributed by atoms with Crippen molar-refractivity contribution in [3.8, 4) is 0 Å². The fourth-order valence-corrected chi connectivity index (χ4v) is 3.18. The Morgan fingerprint density at radius 2 is 1.89 bits per heavy atom. The minimum Gasteiger partial charge on any atom is -0.351 e. The number of carbonyl (C=O) groups is 1. The molecule has 2 aliphatic carbocycles. The number of amides is 1. The van der Waals surface area contributed by atoms with Crippen molar-refractivity contribution in [3.63, 3.8) is 0 Å². The maximum Gasteiger partial charge on any atom is 0.226 e. The van der Waals surface area contributed by atoms with Gasteiger partial charge in [-0.05, 0) is 31.6 Å². The molecule has 4 heteroatoms. The van der Waals surface area contributed by atoms with Crippen molar-refractivity contribution in [2.75, 3.05) is 6.54 Å². The number of halogens is 1. The van der Waals surface area contributed by atoms with Crippen LogP contribution in [0.25, 0.3) is 0 Å². The first-order valence-electron chi connectivity index (χ1n) is 7.17. The third-order valence-electron chi connectivity index (χ3n) is 4.79. The first-order valence-corrected chi connectivity index (χ1v) is 7.17. The van der Waals surface area contributed by atoms with Gasteiger partial charge in [-0.15, -0.1) is 12.4 Å². The van der Waals surface area contributed by atoms with E-state index in [0.29, 0.717) is 12.5 Å². The van der Waals surface area contributed by atoms with Crippen molar-refractivity contribution in [1.82, 2.24) is 5.32 Å². The molecular weight excluding hydrogens is 248 g/mol. The van der Waals surface area contributed by atoms with E-state index in [2.05, 4.69) is 12.2 Å². The van der Waals surface area contributed by atoms with Gasteiger partial charge in [0.05, 0.1) is 0 Å². The molecule has 0 bridgehead atoms. The summed E-state index contributed by atoms with van der Waals surface area (Å²) >= 11 is 0. The zero-order valence-electron chi connectivity index (χ0n) is 11.4. The molecule has 3 nitrogen and oxygen atoms in total. The highest BCUT2D eigenvalue weighted by Crippen LogP contribution is 2.40. The van der Waals surface area contributed by atoms with Gasteiger partial charge in [0, 0.05) is 18.0 Å². The molecule has 106 valence electrons. The summed E-state index contributed by atoms with van der Waals surface area (Å²) in [6.45, 7) is 2.67. The number of rotatable bonds is 4. The Bertz CT molecular complexity index is 273. The number of hydrogen-bond donors (Lipinski definition) is 2. The van der Waals surface area contributed by atoms with Gasteiger partial charge in [-0.1, -0.05) is 32.6 Å². The molecule has 0 saturated heterocycles. The Hall–Kier alpha value is -0.280. The highest BCUT2D eigenvalue weighted by molar-refractivity contribution is 5.85. The van der Waals surface area contributed by atoms with Gasteiger partial charge in [0.25, 0.3) is 0 Å². The molecule has 1 amide bonds. The second kappa shape index (κ2) is 6.76. The second-order valence-electron chi connectivity index (χ2n) is 6.13. The maximum atomic E-state index is 12.2. The van der Waals surface area contributed by atoms with Gasteiger partial charge in [-0.25, -0.2) is 0 Å². The number of nitrogens with one attached hydrogen (secondary N) is 1. The molecule has 2 fully saturated rings. The Kier molecular flexibility index (Phi) is 5.93. The van der Waals surface area contributed by atoms with E-state index in [-0.39, 0.29) is 29.8 Å². The average molecular weight is 275 g/mol. The van der Waals surface area contributed by atoms with Crippen molar-refractivity contribution < 1.29 is 4.79 Å². The lowest BCUT2D eigenvalue weighted by Gasteiger charge is -2.39. The molecule has 0 spiro atoms. The van der Waals surface area contributed by atoms with Crippen molar-refractivity contribution >= 4 is 18.3 Å². The third-order valence-corrected chi connectivity index (χ3v) is 4.79. The van der Waals surface area contributed by atoms with Gasteiger partial charge in [0.2, 0.25) is 5.91 Å². The van der Waals surface area contributed by atoms with Crippen LogP contribution in [0.15, 0.2) is 0 Å². The molecule has 0 heterocycles. The van der Waals surface area contributed by atoms with E-state index < -0.39 is 0 Å². The summed E-state index contributed by atoms with van der Waals surface area (Å²) in [6, 6.07) is 0.209. The molecule has 0 aromatic rings. The van der Waals surface area contributed by atoms with E-state index in [1.165, 1.54) is 38.5 Å². The van der Waals surface area contributed by atoms with Crippen molar-refractivity contribution in [2.24, 2.45) is 17.1 Å². The van der Waals surface area contributed by atoms with Gasteiger partial charge in [0.15, 0.2) is 0 Å². The van der Waals surface area contributed by atoms with Crippen LogP contribution in [0.4, 0.5) is 0 Å². The summed E-state index contributed by atoms with van der Waals surface area (Å²) in [4.78, 5) is 12.2. The standard InChI is InChI=1S/C14H26N2O.ClH/c1-14(8-5-9-14)13(17)16-12(10-15)11-6-3-2-4-7-11;/h11-12H,2-10,15H2,1H3,(H,16,17);1H. The van der Waals surface area contributed by atoms with E-state index >= 15 is 0 Å². The molecule has 0 aromatic carbocycles. The van der Waals surface area contributed by atoms with Gasteiger partial charge in [0.1, 0.15) is 0 Å². The topological polar surface area (TPSA) is 55.1 Å². The van der Waals surface area contributed by atoms with Crippen LogP contribution in [0.1, 0.15) is 58.3 Å². The molecule has 2 saturated carbocycles. The lowest BCUT2D eigenvalue weighted by atomic mass is 9.69. The van der Waals surface area contributed by atoms with E-state index in [1.54, 1.807) is 0 Å². The molecule has 0 radical (unpaired) electrons. The smallest absolute Gasteiger partial charge is 0.226 e. The first kappa shape index (κ1) is 15.8. The second-order valence-corrected chi connectivity index (χ2v) is 6.13. The Balaban J connectivity index is 0.00000162. The van der Waals surface area contributed by atoms with Crippen LogP contribution in [0.5, 0.6) is 0 Å². The minimum absolute atomic E-state index is 0. The molecular formula is C14H27ClN2O. The predicted molar refractivity (Wildman–Crippen MR) is 76.8 cm³/mol. The van der Waals surface area contributed by atoms with Gasteiger partial charge < -0.3 is 11.1 Å². The van der Waals surface area contributed by atoms with Crippen molar-refractivity contribution in [2.45, 2.75) is 64.3 Å². The monoisotopic (exact) mass is 274 g/mol. The summed E-state index contributed by atoms with van der Waals surface area (Å²) in [7, 11) is 0. The number of carbonyl (C=O) groups excluding carboxylic acids is 1. The van der Waals surface area contributed by atoms with Crippen LogP contribution in [-0.2, 0) is 4.79 Å². The van der Waals surface area contributed by atoms with Crippen LogP contribution in [0.2, 0.25) is 0 Å². The molecule has 1 unspecified atom stereocenters. The largest absolute Gasteiger partial charge is 0.351 e. The Morgan fingerprint density at radius 1 is 1.28 bits per heavy atom. The fourth-order valence-electron chi connectivity index (χ4n) is 3.18. The molecule has 1 atom stereocenters. The normalized spacial score (nSPS) is 24.6. The first-order chi connectivity index (χ1) is 8.15. The minimum atomic E-state index is -0.0952. The zero-order chi connectivity index (χ0) is 12.3. The van der Waals surface area contributed by atoms with E-state index in [9.17, 15) is 4.79 Å². The third kappa shape index (κ3) is 3.39. The summed E-state index contributed by atoms with van der Waals surface area (Å²) in [6.07, 6.45) is 9.70. The van der Waals surface area contributed by atoms with E-state index in [0.717, 1.165) is 12.8 Å². The predicted octanol–water partition coefficient (Wildman–Crippen LogP) is 2.62. The quantitative estimate of drug-likeness (QED) is 0.828. The summed E-state index contributed by atoms with van der Waals surface area (Å²) in [5, 5.41) is 3.21. The van der Waals surface area contributed by atoms with Crippen LogP contribution >= 0.6 is 12.4 Å². The lowest BCUT2D eigenvalue weighted by molar-refractivity contribution is -0.135. The van der Waals surface area contributed by atoms with Crippen LogP contribution in [0.3, 0.4) is 0 Å². The molecule has 3 N–H and O–H groups in total. The highest BCUT2D eigenvalue weighted by atomic mass is 35.5. The lowest BCUT2D eigenvalue weighted by Crippen LogP contribution is -2.52. The molecule has 0 aromatic heterocycles. The van der Waals surface area contributed by atoms with E-state index in [1.807, 2.05) is 0 Å². The van der Waals surface area contributed by atoms with Crippen LogP contribution in [0, 0.1) is 11.3 Å². The molecule has 2 aliphatic rings. The average Bonchev–Trinajstić information content (AvgIpc) is 2.33. The summed E-state index contributed by atoms with van der Waals surface area (Å²) < 4.78 is 0.